The van der Waals surface area contributed by atoms with Gasteiger partial charge in [-0.3, -0.25) is 14.9 Å². The van der Waals surface area contributed by atoms with E-state index in [1.807, 2.05) is 6.07 Å². The molecule has 2 N–H and O–H groups in total. The molecular formula is C15H13N3O5. The van der Waals surface area contributed by atoms with Crippen LogP contribution in [-0.4, -0.2) is 28.8 Å². The number of rotatable bonds is 6. The van der Waals surface area contributed by atoms with Crippen molar-refractivity contribution in [3.63, 3.8) is 0 Å². The lowest BCUT2D eigenvalue weighted by Gasteiger charge is -2.04. The van der Waals surface area contributed by atoms with E-state index < -0.39 is 22.3 Å². The van der Waals surface area contributed by atoms with E-state index in [4.69, 9.17) is 4.74 Å². The second kappa shape index (κ2) is 7.55. The van der Waals surface area contributed by atoms with Gasteiger partial charge in [0.15, 0.2) is 6.61 Å². The maximum Gasteiger partial charge on any atom is 0.311 e. The molecule has 1 amide bonds. The van der Waals surface area contributed by atoms with Gasteiger partial charge in [0, 0.05) is 11.6 Å². The molecule has 0 aromatic heterocycles. The number of aromatic hydroxyl groups is 1. The van der Waals surface area contributed by atoms with Crippen LogP contribution in [0.3, 0.4) is 0 Å². The number of amides is 1. The number of phenolic OH excluding ortho intramolecular Hbond substituents is 1. The van der Waals surface area contributed by atoms with E-state index in [2.05, 4.69) is 10.5 Å². The first-order valence-corrected chi connectivity index (χ1v) is 6.54. The number of nitro benzene ring substituents is 1. The zero-order chi connectivity index (χ0) is 16.7. The maximum atomic E-state index is 11.5. The Morgan fingerprint density at radius 2 is 2.00 bits per heavy atom. The number of hydrazone groups is 1. The second-order valence-corrected chi connectivity index (χ2v) is 4.37. The molecule has 2 aromatic rings. The summed E-state index contributed by atoms with van der Waals surface area (Å²) < 4.78 is 5.22. The summed E-state index contributed by atoms with van der Waals surface area (Å²) in [6.45, 7) is -0.234. The lowest BCUT2D eigenvalue weighted by Crippen LogP contribution is -2.24. The van der Waals surface area contributed by atoms with Crippen molar-refractivity contribution >= 4 is 17.8 Å². The normalized spacial score (nSPS) is 10.4. The van der Waals surface area contributed by atoms with Gasteiger partial charge in [-0.1, -0.05) is 24.3 Å². The molecule has 0 atom stereocenters. The van der Waals surface area contributed by atoms with Crippen molar-refractivity contribution in [3.8, 4) is 11.5 Å². The highest BCUT2D eigenvalue weighted by Crippen LogP contribution is 2.27. The van der Waals surface area contributed by atoms with Gasteiger partial charge in [-0.2, -0.15) is 5.10 Å². The van der Waals surface area contributed by atoms with Gasteiger partial charge in [0.2, 0.25) is 5.75 Å². The Morgan fingerprint density at radius 1 is 1.26 bits per heavy atom. The fourth-order valence-corrected chi connectivity index (χ4v) is 1.67. The van der Waals surface area contributed by atoms with Gasteiger partial charge in [0.1, 0.15) is 5.75 Å². The van der Waals surface area contributed by atoms with E-state index in [1.165, 1.54) is 18.2 Å². The highest BCUT2D eigenvalue weighted by atomic mass is 16.6. The summed E-state index contributed by atoms with van der Waals surface area (Å²) in [5.74, 6) is -0.478. The van der Waals surface area contributed by atoms with E-state index >= 15 is 0 Å². The molecule has 0 aliphatic carbocycles. The van der Waals surface area contributed by atoms with Gasteiger partial charge in [-0.05, 0) is 18.2 Å². The average molecular weight is 315 g/mol. The molecule has 118 valence electrons. The third-order valence-corrected chi connectivity index (χ3v) is 2.75. The number of hydrogen-bond donors (Lipinski definition) is 2. The molecular weight excluding hydrogens is 302 g/mol. The molecule has 0 radical (unpaired) electrons. The van der Waals surface area contributed by atoms with Crippen LogP contribution in [0.25, 0.3) is 0 Å². The molecule has 0 saturated carbocycles. The Labute approximate surface area is 131 Å². The van der Waals surface area contributed by atoms with Gasteiger partial charge in [0.05, 0.1) is 11.1 Å². The molecule has 0 heterocycles. The molecule has 8 heteroatoms. The minimum Gasteiger partial charge on any atom is -0.502 e. The predicted octanol–water partition coefficient (Wildman–Crippen LogP) is 1.83. The van der Waals surface area contributed by atoms with Gasteiger partial charge in [0.25, 0.3) is 5.91 Å². The second-order valence-electron chi connectivity index (χ2n) is 4.37. The first-order chi connectivity index (χ1) is 11.1. The number of hydrogen-bond acceptors (Lipinski definition) is 6. The summed E-state index contributed by atoms with van der Waals surface area (Å²) >= 11 is 0. The molecule has 2 aromatic carbocycles. The SMILES string of the molecule is O=C(COc1ccccc1)N/N=C\c1cccc([N+](=O)[O-])c1O. The van der Waals surface area contributed by atoms with Crippen LogP contribution < -0.4 is 10.2 Å². The Hall–Kier alpha value is -3.42. The summed E-state index contributed by atoms with van der Waals surface area (Å²) in [6.07, 6.45) is 1.11. The maximum absolute atomic E-state index is 11.5. The van der Waals surface area contributed by atoms with Crippen molar-refractivity contribution in [1.29, 1.82) is 0 Å². The number of para-hydroxylation sites is 2. The molecule has 0 unspecified atom stereocenters. The van der Waals surface area contributed by atoms with Crippen LogP contribution >= 0.6 is 0 Å². The van der Waals surface area contributed by atoms with Gasteiger partial charge < -0.3 is 9.84 Å². The van der Waals surface area contributed by atoms with E-state index in [1.54, 1.807) is 24.3 Å². The third kappa shape index (κ3) is 4.53. The van der Waals surface area contributed by atoms with Gasteiger partial charge in [-0.15, -0.1) is 0 Å². The van der Waals surface area contributed by atoms with E-state index in [0.29, 0.717) is 5.75 Å². The third-order valence-electron chi connectivity index (χ3n) is 2.75. The van der Waals surface area contributed by atoms with E-state index in [-0.39, 0.29) is 12.2 Å². The number of carbonyl (C=O) groups excluding carboxylic acids is 1. The van der Waals surface area contributed by atoms with Crippen LogP contribution in [0.2, 0.25) is 0 Å². The lowest BCUT2D eigenvalue weighted by atomic mass is 10.2. The topological polar surface area (TPSA) is 114 Å². The Morgan fingerprint density at radius 3 is 2.70 bits per heavy atom. The molecule has 0 bridgehead atoms. The van der Waals surface area contributed by atoms with Crippen LogP contribution in [0.15, 0.2) is 53.6 Å². The van der Waals surface area contributed by atoms with Crippen molar-refractivity contribution in [2.45, 2.75) is 0 Å². The lowest BCUT2D eigenvalue weighted by molar-refractivity contribution is -0.385. The summed E-state index contributed by atoms with van der Waals surface area (Å²) in [6, 6.07) is 12.8. The van der Waals surface area contributed by atoms with Crippen LogP contribution in [0.1, 0.15) is 5.56 Å². The minimum atomic E-state index is -0.709. The Bertz CT molecular complexity index is 731. The average Bonchev–Trinajstić information content (AvgIpc) is 2.55. The number of benzene rings is 2. The highest BCUT2D eigenvalue weighted by molar-refractivity contribution is 5.87. The predicted molar refractivity (Wildman–Crippen MR) is 82.4 cm³/mol. The quantitative estimate of drug-likeness (QED) is 0.479. The monoisotopic (exact) mass is 315 g/mol. The van der Waals surface area contributed by atoms with Crippen molar-refractivity contribution in [2.24, 2.45) is 5.10 Å². The van der Waals surface area contributed by atoms with Crippen molar-refractivity contribution in [1.82, 2.24) is 5.43 Å². The van der Waals surface area contributed by atoms with Crippen LogP contribution in [-0.2, 0) is 4.79 Å². The van der Waals surface area contributed by atoms with E-state index in [0.717, 1.165) is 6.21 Å². The van der Waals surface area contributed by atoms with Gasteiger partial charge in [-0.25, -0.2) is 5.43 Å². The van der Waals surface area contributed by atoms with Crippen molar-refractivity contribution in [3.05, 3.63) is 64.2 Å². The number of nitrogens with one attached hydrogen (secondary N) is 1. The van der Waals surface area contributed by atoms with Crippen molar-refractivity contribution < 1.29 is 19.6 Å². The number of nitro groups is 1. The molecule has 0 fully saturated rings. The molecule has 0 aliphatic rings. The van der Waals surface area contributed by atoms with E-state index in [9.17, 15) is 20.0 Å². The first-order valence-electron chi connectivity index (χ1n) is 6.54. The Kier molecular flexibility index (Phi) is 5.24. The van der Waals surface area contributed by atoms with Crippen LogP contribution in [0.4, 0.5) is 5.69 Å². The van der Waals surface area contributed by atoms with Gasteiger partial charge >= 0.3 is 5.69 Å². The highest BCUT2D eigenvalue weighted by Gasteiger charge is 2.15. The fraction of sp³-hybridized carbons (Fsp3) is 0.0667. The van der Waals surface area contributed by atoms with Crippen molar-refractivity contribution in [2.75, 3.05) is 6.61 Å². The fourth-order valence-electron chi connectivity index (χ4n) is 1.67. The summed E-state index contributed by atoms with van der Waals surface area (Å²) in [5.41, 5.74) is 1.88. The summed E-state index contributed by atoms with van der Waals surface area (Å²) in [4.78, 5) is 21.5. The molecule has 0 saturated heterocycles. The Balaban J connectivity index is 1.90. The van der Waals surface area contributed by atoms with Crippen LogP contribution in [0.5, 0.6) is 11.5 Å². The molecule has 0 aliphatic heterocycles. The smallest absolute Gasteiger partial charge is 0.311 e. The summed E-state index contributed by atoms with van der Waals surface area (Å²) in [7, 11) is 0. The number of phenols is 1. The standard InChI is InChI=1S/C15H13N3O5/c19-14(10-23-12-6-2-1-3-7-12)17-16-9-11-5-4-8-13(15(11)20)18(21)22/h1-9,20H,10H2,(H,17,19)/b16-9-. The summed E-state index contributed by atoms with van der Waals surface area (Å²) in [5, 5.41) is 24.0. The number of nitrogens with zero attached hydrogens (tertiary/aromatic N) is 2. The number of carbonyl (C=O) groups is 1. The molecule has 0 spiro atoms. The minimum absolute atomic E-state index is 0.114. The molecule has 23 heavy (non-hydrogen) atoms. The molecule has 2 rings (SSSR count). The largest absolute Gasteiger partial charge is 0.502 e. The molecule has 8 nitrogen and oxygen atoms in total. The van der Waals surface area contributed by atoms with Crippen LogP contribution in [0, 0.1) is 10.1 Å². The first kappa shape index (κ1) is 16.0. The zero-order valence-electron chi connectivity index (χ0n) is 11.9. The number of ether oxygens (including phenoxy) is 1. The zero-order valence-corrected chi connectivity index (χ0v) is 11.9.